The molecular formula is C24H44BNO5Si. The van der Waals surface area contributed by atoms with E-state index in [9.17, 15) is 0 Å². The lowest BCUT2D eigenvalue weighted by Crippen LogP contribution is -2.48. The van der Waals surface area contributed by atoms with Crippen molar-refractivity contribution in [1.82, 2.24) is 4.90 Å². The van der Waals surface area contributed by atoms with Crippen LogP contribution in [-0.4, -0.2) is 72.0 Å². The van der Waals surface area contributed by atoms with Crippen LogP contribution in [0.1, 0.15) is 48.5 Å². The summed E-state index contributed by atoms with van der Waals surface area (Å²) in [5.74, 6) is 1.43. The van der Waals surface area contributed by atoms with Gasteiger partial charge in [-0.15, -0.1) is 0 Å². The maximum Gasteiger partial charge on any atom is 0.495 e. The molecule has 1 aromatic rings. The third-order valence-electron chi connectivity index (χ3n) is 6.94. The van der Waals surface area contributed by atoms with Crippen LogP contribution in [0.25, 0.3) is 0 Å². The lowest BCUT2D eigenvalue weighted by Gasteiger charge is -2.39. The fraction of sp³-hybridized carbons (Fsp3) is 0.750. The van der Waals surface area contributed by atoms with Gasteiger partial charge < -0.3 is 28.1 Å². The molecule has 8 heteroatoms. The summed E-state index contributed by atoms with van der Waals surface area (Å²) in [6.45, 7) is 20.8. The van der Waals surface area contributed by atoms with E-state index in [0.29, 0.717) is 12.4 Å². The van der Waals surface area contributed by atoms with E-state index in [4.69, 9.17) is 23.2 Å². The van der Waals surface area contributed by atoms with Crippen LogP contribution in [0.15, 0.2) is 18.2 Å². The summed E-state index contributed by atoms with van der Waals surface area (Å²) >= 11 is 0. The van der Waals surface area contributed by atoms with Crippen molar-refractivity contribution in [3.05, 3.63) is 18.2 Å². The second-order valence-corrected chi connectivity index (χ2v) is 16.4. The van der Waals surface area contributed by atoms with Crippen molar-refractivity contribution in [3.8, 4) is 11.5 Å². The van der Waals surface area contributed by atoms with Gasteiger partial charge in [-0.2, -0.15) is 0 Å². The number of hydrogen-bond acceptors (Lipinski definition) is 6. The molecule has 0 radical (unpaired) electrons. The van der Waals surface area contributed by atoms with Crippen molar-refractivity contribution >= 4 is 20.9 Å². The zero-order valence-electron chi connectivity index (χ0n) is 22.3. The zero-order chi connectivity index (χ0) is 24.5. The number of benzene rings is 1. The highest BCUT2D eigenvalue weighted by Gasteiger charge is 2.52. The Morgan fingerprint density at radius 2 is 1.53 bits per heavy atom. The van der Waals surface area contributed by atoms with Crippen LogP contribution >= 0.6 is 0 Å². The lowest BCUT2D eigenvalue weighted by atomic mass is 9.79. The van der Waals surface area contributed by atoms with Gasteiger partial charge in [0.2, 0.25) is 0 Å². The summed E-state index contributed by atoms with van der Waals surface area (Å²) in [5.41, 5.74) is 0.0676. The Morgan fingerprint density at radius 1 is 1.00 bits per heavy atom. The van der Waals surface area contributed by atoms with Crippen molar-refractivity contribution in [3.63, 3.8) is 0 Å². The van der Waals surface area contributed by atoms with Gasteiger partial charge in [-0.1, -0.05) is 20.8 Å². The van der Waals surface area contributed by atoms with Gasteiger partial charge in [-0.3, -0.25) is 0 Å². The highest BCUT2D eigenvalue weighted by atomic mass is 28.4. The Bertz CT molecular complexity index is 760. The van der Waals surface area contributed by atoms with Gasteiger partial charge >= 0.3 is 7.12 Å². The predicted molar refractivity (Wildman–Crippen MR) is 135 cm³/mol. The first-order valence-corrected chi connectivity index (χ1v) is 14.4. The Kier molecular flexibility index (Phi) is 8.21. The highest BCUT2D eigenvalue weighted by Crippen LogP contribution is 2.38. The summed E-state index contributed by atoms with van der Waals surface area (Å²) in [7, 11) is 3.37. The van der Waals surface area contributed by atoms with Crippen molar-refractivity contribution in [2.24, 2.45) is 0 Å². The largest absolute Gasteiger partial charge is 0.497 e. The fourth-order valence-corrected chi connectivity index (χ4v) is 4.55. The number of hydrogen-bond donors (Lipinski definition) is 0. The molecule has 0 aliphatic carbocycles. The number of ether oxygens (including phenoxy) is 2. The molecule has 182 valence electrons. The molecule has 1 fully saturated rings. The highest BCUT2D eigenvalue weighted by molar-refractivity contribution is 6.74. The molecule has 1 aliphatic rings. The van der Waals surface area contributed by atoms with Gasteiger partial charge in [0.1, 0.15) is 18.1 Å². The first kappa shape index (κ1) is 27.2. The molecule has 1 atom stereocenters. The Hall–Kier alpha value is -1.06. The molecular weight excluding hydrogens is 421 g/mol. The van der Waals surface area contributed by atoms with Gasteiger partial charge in [0, 0.05) is 12.6 Å². The van der Waals surface area contributed by atoms with Crippen molar-refractivity contribution < 1.29 is 23.2 Å². The zero-order valence-corrected chi connectivity index (χ0v) is 23.3. The van der Waals surface area contributed by atoms with Crippen LogP contribution in [0.5, 0.6) is 11.5 Å². The molecule has 0 aromatic heterocycles. The minimum absolute atomic E-state index is 0.0302. The van der Waals surface area contributed by atoms with E-state index < -0.39 is 26.6 Å². The molecule has 1 saturated heterocycles. The number of methoxy groups -OCH3 is 1. The number of rotatable bonds is 9. The van der Waals surface area contributed by atoms with Crippen LogP contribution < -0.4 is 14.9 Å². The van der Waals surface area contributed by atoms with Gasteiger partial charge in [-0.25, -0.2) is 0 Å². The average Bonchev–Trinajstić information content (AvgIpc) is 2.85. The van der Waals surface area contributed by atoms with E-state index in [1.807, 2.05) is 18.2 Å². The molecule has 0 N–H and O–H groups in total. The van der Waals surface area contributed by atoms with E-state index in [1.54, 1.807) is 7.11 Å². The lowest BCUT2D eigenvalue weighted by molar-refractivity contribution is 0.00578. The summed E-state index contributed by atoms with van der Waals surface area (Å²) in [4.78, 5) is 2.14. The number of nitrogens with zero attached hydrogens (tertiary/aromatic N) is 1. The molecule has 1 unspecified atom stereocenters. The van der Waals surface area contributed by atoms with Gasteiger partial charge in [0.15, 0.2) is 8.32 Å². The minimum Gasteiger partial charge on any atom is -0.497 e. The molecule has 1 aromatic carbocycles. The monoisotopic (exact) mass is 465 g/mol. The SMILES string of the molecule is COc1cc(OCC(CN(C)C)O[Si](C)(C)C(C)(C)C)cc(B2OC(C)(C)C(C)(C)O2)c1. The Balaban J connectivity index is 2.21. The van der Waals surface area contributed by atoms with Crippen LogP contribution in [0, 0.1) is 0 Å². The maximum atomic E-state index is 6.67. The normalized spacial score (nSPS) is 19.3. The first-order chi connectivity index (χ1) is 14.5. The van der Waals surface area contributed by atoms with E-state index in [1.165, 1.54) is 0 Å². The van der Waals surface area contributed by atoms with Crippen molar-refractivity contribution in [2.75, 3.05) is 34.4 Å². The number of likely N-dealkylation sites (N-methyl/N-ethyl adjacent to an activating group) is 1. The molecule has 0 saturated carbocycles. The van der Waals surface area contributed by atoms with Gasteiger partial charge in [-0.05, 0) is 77.5 Å². The van der Waals surface area contributed by atoms with E-state index in [-0.39, 0.29) is 11.1 Å². The molecule has 32 heavy (non-hydrogen) atoms. The molecule has 6 nitrogen and oxygen atoms in total. The predicted octanol–water partition coefficient (Wildman–Crippen LogP) is 4.33. The van der Waals surface area contributed by atoms with E-state index in [2.05, 4.69) is 80.6 Å². The van der Waals surface area contributed by atoms with Crippen LogP contribution in [0.4, 0.5) is 0 Å². The third-order valence-corrected chi connectivity index (χ3v) is 11.5. The second kappa shape index (κ2) is 9.66. The second-order valence-electron chi connectivity index (χ2n) is 11.6. The molecule has 2 rings (SSSR count). The first-order valence-electron chi connectivity index (χ1n) is 11.5. The minimum atomic E-state index is -1.93. The van der Waals surface area contributed by atoms with Crippen LogP contribution in [0.3, 0.4) is 0 Å². The molecule has 0 spiro atoms. The van der Waals surface area contributed by atoms with Crippen molar-refractivity contribution in [2.45, 2.75) is 83.9 Å². The van der Waals surface area contributed by atoms with Gasteiger partial charge in [0.25, 0.3) is 0 Å². The summed E-state index contributed by atoms with van der Waals surface area (Å²) in [5, 5.41) is 0.136. The maximum absolute atomic E-state index is 6.67. The van der Waals surface area contributed by atoms with Crippen LogP contribution in [-0.2, 0) is 13.7 Å². The third kappa shape index (κ3) is 6.50. The molecule has 1 aliphatic heterocycles. The molecule has 1 heterocycles. The Morgan fingerprint density at radius 3 is 2.00 bits per heavy atom. The molecule has 0 amide bonds. The summed E-state index contributed by atoms with van der Waals surface area (Å²) in [6, 6.07) is 5.82. The standard InChI is InChI=1S/C24H44BNO5Si/c1-22(2,3)32(11,12)29-21(16-26(8)9)17-28-20-14-18(13-19(15-20)27-10)25-30-23(4,5)24(6,7)31-25/h13-15,21H,16-17H2,1-12H3. The van der Waals surface area contributed by atoms with Crippen molar-refractivity contribution in [1.29, 1.82) is 0 Å². The van der Waals surface area contributed by atoms with E-state index >= 15 is 0 Å². The summed E-state index contributed by atoms with van der Waals surface area (Å²) < 4.78 is 30.9. The topological polar surface area (TPSA) is 49.4 Å². The van der Waals surface area contributed by atoms with E-state index in [0.717, 1.165) is 17.8 Å². The Labute approximate surface area is 197 Å². The fourth-order valence-electron chi connectivity index (χ4n) is 3.22. The quantitative estimate of drug-likeness (QED) is 0.506. The van der Waals surface area contributed by atoms with Gasteiger partial charge in [0.05, 0.1) is 24.4 Å². The molecule has 0 bridgehead atoms. The summed E-state index contributed by atoms with van der Waals surface area (Å²) in [6.07, 6.45) is -0.0302. The average molecular weight is 466 g/mol. The smallest absolute Gasteiger partial charge is 0.495 e. The van der Waals surface area contributed by atoms with Crippen LogP contribution in [0.2, 0.25) is 18.1 Å².